The highest BCUT2D eigenvalue weighted by atomic mass is 35.5. The molecule has 0 bridgehead atoms. The maximum absolute atomic E-state index is 11.8. The monoisotopic (exact) mass is 618 g/mol. The number of halogens is 1. The van der Waals surface area contributed by atoms with Crippen LogP contribution in [0.1, 0.15) is 97.6 Å². The van der Waals surface area contributed by atoms with Crippen molar-refractivity contribution in [2.75, 3.05) is 13.7 Å². The molecule has 43 heavy (non-hydrogen) atoms. The highest BCUT2D eigenvalue weighted by Crippen LogP contribution is 2.20. The van der Waals surface area contributed by atoms with Crippen LogP contribution >= 0.6 is 11.6 Å². The summed E-state index contributed by atoms with van der Waals surface area (Å²) in [5.41, 5.74) is 1.95. The lowest BCUT2D eigenvalue weighted by Gasteiger charge is -2.16. The molecule has 2 rings (SSSR count). The van der Waals surface area contributed by atoms with E-state index in [-0.39, 0.29) is 18.3 Å². The molecule has 0 saturated heterocycles. The predicted octanol–water partition coefficient (Wildman–Crippen LogP) is 8.70. The van der Waals surface area contributed by atoms with Gasteiger partial charge in [-0.1, -0.05) is 95.3 Å². The molecule has 0 aromatic heterocycles. The van der Waals surface area contributed by atoms with Crippen LogP contribution in [0.2, 0.25) is 5.02 Å². The second kappa shape index (κ2) is 31.4. The Hall–Kier alpha value is -3.50. The summed E-state index contributed by atoms with van der Waals surface area (Å²) >= 11 is 5.72. The zero-order chi connectivity index (χ0) is 33.5. The molecule has 0 aliphatic heterocycles. The second-order valence-corrected chi connectivity index (χ2v) is 9.90. The van der Waals surface area contributed by atoms with E-state index in [1.807, 2.05) is 55.5 Å². The Morgan fingerprint density at radius 2 is 1.44 bits per heavy atom. The Morgan fingerprint density at radius 3 is 1.88 bits per heavy atom. The number of amides is 2. The van der Waals surface area contributed by atoms with Gasteiger partial charge in [0.25, 0.3) is 0 Å². The van der Waals surface area contributed by atoms with E-state index in [4.69, 9.17) is 21.1 Å². The first-order valence-corrected chi connectivity index (χ1v) is 15.3. The molecule has 0 saturated carbocycles. The summed E-state index contributed by atoms with van der Waals surface area (Å²) in [5, 5.41) is 6.03. The van der Waals surface area contributed by atoms with Crippen LogP contribution in [0.25, 0.3) is 0 Å². The lowest BCUT2D eigenvalue weighted by molar-refractivity contribution is -0.120. The van der Waals surface area contributed by atoms with Gasteiger partial charge in [0.2, 0.25) is 5.91 Å². The fourth-order valence-corrected chi connectivity index (χ4v) is 3.09. The van der Waals surface area contributed by atoms with Gasteiger partial charge in [0, 0.05) is 18.5 Å². The quantitative estimate of drug-likeness (QED) is 0.183. The Labute approximate surface area is 266 Å². The average Bonchev–Trinajstić information content (AvgIpc) is 3.01. The number of Topliss-reactive ketones (excluding diaryl/α,β-unsaturated/α-hetero) is 1. The number of carbonyl (C=O) groups excluding carboxylic acids is 3. The number of carbonyl (C=O) groups is 3. The number of hydrogen-bond acceptors (Lipinski definition) is 5. The van der Waals surface area contributed by atoms with Gasteiger partial charge >= 0.3 is 6.09 Å². The van der Waals surface area contributed by atoms with Gasteiger partial charge in [-0.25, -0.2) is 4.79 Å². The molecule has 0 fully saturated rings. The van der Waals surface area contributed by atoms with Crippen molar-refractivity contribution in [3.63, 3.8) is 0 Å². The molecule has 2 N–H and O–H groups in total. The summed E-state index contributed by atoms with van der Waals surface area (Å²) in [6.07, 6.45) is 14.7. The van der Waals surface area contributed by atoms with E-state index >= 15 is 0 Å². The Morgan fingerprint density at radius 1 is 0.884 bits per heavy atom. The minimum Gasteiger partial charge on any atom is -0.496 e. The Bertz CT molecular complexity index is 988. The van der Waals surface area contributed by atoms with E-state index in [9.17, 15) is 14.4 Å². The number of aryl methyl sites for hydroxylation is 1. The van der Waals surface area contributed by atoms with Gasteiger partial charge in [-0.2, -0.15) is 0 Å². The van der Waals surface area contributed by atoms with Crippen molar-refractivity contribution >= 4 is 29.4 Å². The van der Waals surface area contributed by atoms with Crippen molar-refractivity contribution < 1.29 is 23.9 Å². The first kappa shape index (κ1) is 43.9. The summed E-state index contributed by atoms with van der Waals surface area (Å²) in [6, 6.07) is 14.3. The van der Waals surface area contributed by atoms with Gasteiger partial charge < -0.3 is 20.1 Å². The molecule has 0 aliphatic carbocycles. The molecular formula is C35H55ClN2O5. The highest BCUT2D eigenvalue weighted by molar-refractivity contribution is 6.30. The molecular weight excluding hydrogens is 564 g/mol. The summed E-state index contributed by atoms with van der Waals surface area (Å²) in [4.78, 5) is 34.1. The van der Waals surface area contributed by atoms with Crippen molar-refractivity contribution in [2.24, 2.45) is 0 Å². The van der Waals surface area contributed by atoms with E-state index < -0.39 is 12.1 Å². The third-order valence-electron chi connectivity index (χ3n) is 5.65. The van der Waals surface area contributed by atoms with E-state index in [0.717, 1.165) is 34.7 Å². The molecule has 7 nitrogen and oxygen atoms in total. The summed E-state index contributed by atoms with van der Waals surface area (Å²) in [7, 11) is 1.65. The normalized spacial score (nSPS) is 9.74. The highest BCUT2D eigenvalue weighted by Gasteiger charge is 2.17. The fourth-order valence-electron chi connectivity index (χ4n) is 2.86. The average molecular weight is 619 g/mol. The topological polar surface area (TPSA) is 93.7 Å². The lowest BCUT2D eigenvalue weighted by Crippen LogP contribution is -2.40. The summed E-state index contributed by atoms with van der Waals surface area (Å²) in [5.74, 6) is 0.696. The van der Waals surface area contributed by atoms with Crippen molar-refractivity contribution in [3.05, 3.63) is 64.7 Å². The van der Waals surface area contributed by atoms with Gasteiger partial charge in [-0.15, -0.1) is 12.8 Å². The molecule has 1 atom stereocenters. The van der Waals surface area contributed by atoms with Crippen molar-refractivity contribution in [1.82, 2.24) is 10.6 Å². The minimum atomic E-state index is -0.601. The molecule has 0 unspecified atom stereocenters. The zero-order valence-electron chi connectivity index (χ0n) is 27.6. The zero-order valence-corrected chi connectivity index (χ0v) is 28.4. The Kier molecular flexibility index (Phi) is 32.1. The summed E-state index contributed by atoms with van der Waals surface area (Å²) < 4.78 is 10.1. The first-order chi connectivity index (χ1) is 20.6. The number of alkyl carbamates (subject to hydrolysis) is 1. The van der Waals surface area contributed by atoms with E-state index in [2.05, 4.69) is 51.2 Å². The Balaban J connectivity index is -0.000000653. The number of benzene rings is 2. The van der Waals surface area contributed by atoms with Gasteiger partial charge in [-0.3, -0.25) is 9.59 Å². The minimum absolute atomic E-state index is 0.0734. The lowest BCUT2D eigenvalue weighted by atomic mass is 10.1. The van der Waals surface area contributed by atoms with E-state index in [1.54, 1.807) is 7.11 Å². The molecule has 2 amide bonds. The third kappa shape index (κ3) is 28.4. The molecule has 0 aliphatic rings. The fraction of sp³-hybridized carbons (Fsp3) is 0.514. The standard InChI is InChI=1S/C17H24N2O4.C8H9ClO.2C4H10.C2H2/c1-13(20)16(10-6-7-11-18-14(2)21)19-17(22)23-12-15-8-4-3-5-9-15;1-6-5-7(9)3-4-8(6)10-2;2*1-3-4-2;1-2/h3-5,8-9,16H,6-7,10-12H2,1-2H3,(H,18,21)(H,19,22);3-5H,1-2H3;2*3-4H2,1-2H3;1-2H/t16-;;;;/m0..../s1. The molecule has 0 heterocycles. The number of unbranched alkanes of at least 4 members (excludes halogenated alkanes) is 3. The number of ketones is 1. The van der Waals surface area contributed by atoms with E-state index in [0.29, 0.717) is 13.0 Å². The maximum atomic E-state index is 11.8. The number of methoxy groups -OCH3 is 1. The molecule has 242 valence electrons. The number of rotatable bonds is 12. The van der Waals surface area contributed by atoms with Crippen molar-refractivity contribution in [2.45, 2.75) is 106 Å². The first-order valence-electron chi connectivity index (χ1n) is 14.9. The van der Waals surface area contributed by atoms with Crippen molar-refractivity contribution in [3.8, 4) is 18.6 Å². The predicted molar refractivity (Wildman–Crippen MR) is 181 cm³/mol. The van der Waals surface area contributed by atoms with Gasteiger partial charge in [0.1, 0.15) is 12.4 Å². The smallest absolute Gasteiger partial charge is 0.408 e. The SMILES string of the molecule is C#C.CC(=O)NCCCC[C@H](NC(=O)OCc1ccccc1)C(C)=O.CCCC.CCCC.COc1ccc(Cl)cc1C. The van der Waals surface area contributed by atoms with Crippen molar-refractivity contribution in [1.29, 1.82) is 0 Å². The maximum Gasteiger partial charge on any atom is 0.408 e. The van der Waals surface area contributed by atoms with Crippen LogP contribution in [0.5, 0.6) is 5.75 Å². The van der Waals surface area contributed by atoms with Crippen LogP contribution in [-0.2, 0) is 20.9 Å². The van der Waals surface area contributed by atoms with Crippen LogP contribution in [-0.4, -0.2) is 37.5 Å². The van der Waals surface area contributed by atoms with Crippen LogP contribution in [0.4, 0.5) is 4.79 Å². The third-order valence-corrected chi connectivity index (χ3v) is 5.88. The van der Waals surface area contributed by atoms with Gasteiger partial charge in [-0.05, 0) is 62.4 Å². The molecule has 8 heteroatoms. The molecule has 0 radical (unpaired) electrons. The second-order valence-electron chi connectivity index (χ2n) is 9.46. The molecule has 2 aromatic carbocycles. The van der Waals surface area contributed by atoms with Crippen LogP contribution < -0.4 is 15.4 Å². The largest absolute Gasteiger partial charge is 0.496 e. The van der Waals surface area contributed by atoms with Crippen LogP contribution in [0.15, 0.2) is 48.5 Å². The molecule has 2 aromatic rings. The van der Waals surface area contributed by atoms with Gasteiger partial charge in [0.15, 0.2) is 5.78 Å². The van der Waals surface area contributed by atoms with Crippen LogP contribution in [0.3, 0.4) is 0 Å². The number of ether oxygens (including phenoxy) is 2. The number of terminal acetylenes is 1. The number of hydrogen-bond donors (Lipinski definition) is 2. The van der Waals surface area contributed by atoms with Gasteiger partial charge in [0.05, 0.1) is 13.2 Å². The molecule has 0 spiro atoms. The van der Waals surface area contributed by atoms with E-state index in [1.165, 1.54) is 39.5 Å². The summed E-state index contributed by atoms with van der Waals surface area (Å²) in [6.45, 7) is 14.3. The number of nitrogens with one attached hydrogen (secondary N) is 2. The van der Waals surface area contributed by atoms with Crippen LogP contribution in [0, 0.1) is 19.8 Å².